The number of nitrogens with one attached hydrogen (secondary N) is 1. The highest BCUT2D eigenvalue weighted by molar-refractivity contribution is 14.0. The van der Waals surface area contributed by atoms with Crippen LogP contribution in [-0.4, -0.2) is 91.1 Å². The Labute approximate surface area is 216 Å². The van der Waals surface area contributed by atoms with Crippen molar-refractivity contribution in [2.45, 2.75) is 59.1 Å². The molecule has 1 amide bonds. The second kappa shape index (κ2) is 14.0. The number of amides is 1. The molecular weight excluding hydrogens is 529 g/mol. The predicted octanol–water partition coefficient (Wildman–Crippen LogP) is 3.23. The van der Waals surface area contributed by atoms with Crippen LogP contribution in [0.3, 0.4) is 0 Å². The third kappa shape index (κ3) is 8.31. The lowest BCUT2D eigenvalue weighted by atomic mass is 10.1. The third-order valence-corrected chi connectivity index (χ3v) is 6.23. The molecule has 33 heavy (non-hydrogen) atoms. The molecule has 1 aromatic rings. The van der Waals surface area contributed by atoms with Crippen molar-refractivity contribution in [2.24, 2.45) is 4.99 Å². The van der Waals surface area contributed by atoms with Crippen LogP contribution in [0.4, 0.5) is 0 Å². The standard InChI is InChI=1S/C25H41N5O2.HI/c1-5-26-25(27-13-12-22-8-10-23(11-9-22)32-20(2)3)30-18-16-28(17-19-30)21(4)24(31)29-14-6-7-15-29;/h8-11,20-21H,5-7,12-19H2,1-4H3,(H,26,27);1H. The number of benzene rings is 1. The smallest absolute Gasteiger partial charge is 0.239 e. The van der Waals surface area contributed by atoms with Gasteiger partial charge in [0.2, 0.25) is 5.91 Å². The fraction of sp³-hybridized carbons (Fsp3) is 0.680. The summed E-state index contributed by atoms with van der Waals surface area (Å²) in [6.07, 6.45) is 3.38. The van der Waals surface area contributed by atoms with E-state index in [1.807, 2.05) is 30.9 Å². The lowest BCUT2D eigenvalue weighted by Crippen LogP contribution is -2.57. The van der Waals surface area contributed by atoms with Crippen LogP contribution < -0.4 is 10.1 Å². The van der Waals surface area contributed by atoms with Crippen molar-refractivity contribution in [3.8, 4) is 5.75 Å². The Morgan fingerprint density at radius 3 is 2.21 bits per heavy atom. The fourth-order valence-corrected chi connectivity index (χ4v) is 4.40. The first kappa shape index (κ1) is 27.7. The summed E-state index contributed by atoms with van der Waals surface area (Å²) in [5, 5.41) is 3.44. The summed E-state index contributed by atoms with van der Waals surface area (Å²) in [5.41, 5.74) is 1.26. The summed E-state index contributed by atoms with van der Waals surface area (Å²) in [5.74, 6) is 2.18. The van der Waals surface area contributed by atoms with Gasteiger partial charge in [0.15, 0.2) is 5.96 Å². The van der Waals surface area contributed by atoms with E-state index in [2.05, 4.69) is 41.1 Å². The van der Waals surface area contributed by atoms with Crippen molar-refractivity contribution in [1.29, 1.82) is 0 Å². The van der Waals surface area contributed by atoms with Crippen LogP contribution in [0.1, 0.15) is 46.1 Å². The predicted molar refractivity (Wildman–Crippen MR) is 146 cm³/mol. The van der Waals surface area contributed by atoms with Crippen LogP contribution >= 0.6 is 24.0 Å². The molecule has 3 rings (SSSR count). The molecule has 1 atom stereocenters. The lowest BCUT2D eigenvalue weighted by Gasteiger charge is -2.39. The van der Waals surface area contributed by atoms with Crippen molar-refractivity contribution >= 4 is 35.8 Å². The Morgan fingerprint density at radius 1 is 1.00 bits per heavy atom. The van der Waals surface area contributed by atoms with Crippen LogP contribution in [0.25, 0.3) is 0 Å². The van der Waals surface area contributed by atoms with E-state index in [0.29, 0.717) is 5.91 Å². The molecule has 7 nitrogen and oxygen atoms in total. The maximum atomic E-state index is 12.7. The van der Waals surface area contributed by atoms with Gasteiger partial charge in [-0.1, -0.05) is 12.1 Å². The number of likely N-dealkylation sites (tertiary alicyclic amines) is 1. The number of rotatable bonds is 8. The van der Waals surface area contributed by atoms with Crippen LogP contribution in [0, 0.1) is 0 Å². The molecule has 0 saturated carbocycles. The van der Waals surface area contributed by atoms with E-state index in [1.165, 1.54) is 5.56 Å². The molecule has 186 valence electrons. The van der Waals surface area contributed by atoms with Gasteiger partial charge in [0.05, 0.1) is 12.1 Å². The minimum absolute atomic E-state index is 0. The number of halogens is 1. The van der Waals surface area contributed by atoms with Gasteiger partial charge >= 0.3 is 0 Å². The van der Waals surface area contributed by atoms with Gasteiger partial charge in [-0.3, -0.25) is 14.7 Å². The molecular formula is C25H42IN5O2. The Morgan fingerprint density at radius 2 is 1.64 bits per heavy atom. The van der Waals surface area contributed by atoms with Crippen LogP contribution in [-0.2, 0) is 11.2 Å². The minimum Gasteiger partial charge on any atom is -0.491 e. The number of carbonyl (C=O) groups is 1. The number of piperazine rings is 1. The number of hydrogen-bond acceptors (Lipinski definition) is 4. The average molecular weight is 572 g/mol. The van der Waals surface area contributed by atoms with Gasteiger partial charge in [0.1, 0.15) is 5.75 Å². The van der Waals surface area contributed by atoms with Crippen molar-refractivity contribution in [2.75, 3.05) is 52.4 Å². The zero-order valence-corrected chi connectivity index (χ0v) is 23.1. The van der Waals surface area contributed by atoms with Gasteiger partial charge in [0.25, 0.3) is 0 Å². The Bertz CT molecular complexity index is 742. The number of aliphatic imine (C=N–C) groups is 1. The highest BCUT2D eigenvalue weighted by atomic mass is 127. The second-order valence-electron chi connectivity index (χ2n) is 9.03. The first-order valence-electron chi connectivity index (χ1n) is 12.3. The van der Waals surface area contributed by atoms with Gasteiger partial charge in [0, 0.05) is 52.4 Å². The molecule has 8 heteroatoms. The number of carbonyl (C=O) groups excluding carboxylic acids is 1. The van der Waals surface area contributed by atoms with E-state index in [4.69, 9.17) is 9.73 Å². The molecule has 2 aliphatic rings. The molecule has 2 fully saturated rings. The van der Waals surface area contributed by atoms with E-state index in [1.54, 1.807) is 0 Å². The summed E-state index contributed by atoms with van der Waals surface area (Å²) in [6.45, 7) is 15.3. The van der Waals surface area contributed by atoms with Gasteiger partial charge in [-0.05, 0) is 64.7 Å². The van der Waals surface area contributed by atoms with E-state index in [0.717, 1.165) is 83.3 Å². The average Bonchev–Trinajstić information content (AvgIpc) is 3.33. The Balaban J connectivity index is 0.00000385. The molecule has 2 heterocycles. The first-order valence-corrected chi connectivity index (χ1v) is 12.3. The highest BCUT2D eigenvalue weighted by Gasteiger charge is 2.30. The summed E-state index contributed by atoms with van der Waals surface area (Å²) < 4.78 is 5.72. The van der Waals surface area contributed by atoms with E-state index >= 15 is 0 Å². The SMILES string of the molecule is CCNC(=NCCc1ccc(OC(C)C)cc1)N1CCN(C(C)C(=O)N2CCCC2)CC1.I. The normalized spacial score (nSPS) is 18.3. The lowest BCUT2D eigenvalue weighted by molar-refractivity contribution is -0.135. The quantitative estimate of drug-likeness (QED) is 0.295. The second-order valence-corrected chi connectivity index (χ2v) is 9.03. The van der Waals surface area contributed by atoms with Crippen LogP contribution in [0.15, 0.2) is 29.3 Å². The minimum atomic E-state index is -0.0302. The Kier molecular flexibility index (Phi) is 11.7. The zero-order chi connectivity index (χ0) is 22.9. The molecule has 0 aliphatic carbocycles. The van der Waals surface area contributed by atoms with Crippen molar-refractivity contribution in [3.05, 3.63) is 29.8 Å². The van der Waals surface area contributed by atoms with Gasteiger partial charge in [-0.15, -0.1) is 24.0 Å². The molecule has 0 aromatic heterocycles. The molecule has 1 aromatic carbocycles. The number of hydrogen-bond donors (Lipinski definition) is 1. The molecule has 2 aliphatic heterocycles. The van der Waals surface area contributed by atoms with E-state index in [9.17, 15) is 4.79 Å². The third-order valence-electron chi connectivity index (χ3n) is 6.23. The number of ether oxygens (including phenoxy) is 1. The maximum absolute atomic E-state index is 12.7. The van der Waals surface area contributed by atoms with E-state index in [-0.39, 0.29) is 36.1 Å². The largest absolute Gasteiger partial charge is 0.491 e. The summed E-state index contributed by atoms with van der Waals surface area (Å²) in [7, 11) is 0. The fourth-order valence-electron chi connectivity index (χ4n) is 4.40. The first-order chi connectivity index (χ1) is 15.5. The molecule has 1 unspecified atom stereocenters. The molecule has 0 radical (unpaired) electrons. The maximum Gasteiger partial charge on any atom is 0.239 e. The highest BCUT2D eigenvalue weighted by Crippen LogP contribution is 2.15. The van der Waals surface area contributed by atoms with Crippen molar-refractivity contribution in [1.82, 2.24) is 20.0 Å². The molecule has 2 saturated heterocycles. The van der Waals surface area contributed by atoms with Crippen molar-refractivity contribution < 1.29 is 9.53 Å². The number of guanidine groups is 1. The van der Waals surface area contributed by atoms with Gasteiger partial charge in [-0.2, -0.15) is 0 Å². The van der Waals surface area contributed by atoms with Crippen LogP contribution in [0.5, 0.6) is 5.75 Å². The summed E-state index contributed by atoms with van der Waals surface area (Å²) >= 11 is 0. The van der Waals surface area contributed by atoms with Crippen LogP contribution in [0.2, 0.25) is 0 Å². The Hall–Kier alpha value is -1.55. The molecule has 1 N–H and O–H groups in total. The monoisotopic (exact) mass is 571 g/mol. The van der Waals surface area contributed by atoms with Gasteiger partial charge in [-0.25, -0.2) is 0 Å². The zero-order valence-electron chi connectivity index (χ0n) is 20.8. The summed E-state index contributed by atoms with van der Waals surface area (Å²) in [6, 6.07) is 8.29. The topological polar surface area (TPSA) is 60.4 Å². The molecule has 0 spiro atoms. The molecule has 0 bridgehead atoms. The van der Waals surface area contributed by atoms with Crippen molar-refractivity contribution in [3.63, 3.8) is 0 Å². The number of nitrogens with zero attached hydrogens (tertiary/aromatic N) is 4. The van der Waals surface area contributed by atoms with Gasteiger partial charge < -0.3 is 19.9 Å². The summed E-state index contributed by atoms with van der Waals surface area (Å²) in [4.78, 5) is 24.3. The van der Waals surface area contributed by atoms with E-state index < -0.39 is 0 Å².